The maximum atomic E-state index is 13.2. The van der Waals surface area contributed by atoms with Gasteiger partial charge >= 0.3 is 0 Å². The Balaban J connectivity index is 1.58. The van der Waals surface area contributed by atoms with Crippen molar-refractivity contribution >= 4 is 35.0 Å². The highest BCUT2D eigenvalue weighted by atomic mass is 32.1. The van der Waals surface area contributed by atoms with E-state index in [-0.39, 0.29) is 5.91 Å². The number of amides is 1. The van der Waals surface area contributed by atoms with Gasteiger partial charge < -0.3 is 14.4 Å². The van der Waals surface area contributed by atoms with E-state index >= 15 is 0 Å². The second-order valence-electron chi connectivity index (χ2n) is 7.76. The molecule has 1 aliphatic heterocycles. The third-order valence-electron chi connectivity index (χ3n) is 5.36. The molecular weight excluding hydrogens is 432 g/mol. The van der Waals surface area contributed by atoms with Gasteiger partial charge in [0, 0.05) is 7.05 Å². The molecule has 33 heavy (non-hydrogen) atoms. The van der Waals surface area contributed by atoms with Crippen LogP contribution in [0, 0.1) is 6.92 Å². The number of anilines is 1. The lowest BCUT2D eigenvalue weighted by molar-refractivity contribution is -0.114. The van der Waals surface area contributed by atoms with Crippen LogP contribution in [-0.4, -0.2) is 29.6 Å². The highest BCUT2D eigenvalue weighted by molar-refractivity contribution is 7.80. The Morgan fingerprint density at radius 2 is 1.67 bits per heavy atom. The minimum absolute atomic E-state index is 0.161. The van der Waals surface area contributed by atoms with Crippen molar-refractivity contribution in [3.8, 4) is 11.5 Å². The summed E-state index contributed by atoms with van der Waals surface area (Å²) in [4.78, 5) is 16.4. The van der Waals surface area contributed by atoms with Gasteiger partial charge in [-0.05, 0) is 67.5 Å². The van der Waals surface area contributed by atoms with Crippen molar-refractivity contribution in [1.82, 2.24) is 4.90 Å². The van der Waals surface area contributed by atoms with Gasteiger partial charge in [0.15, 0.2) is 16.6 Å². The van der Waals surface area contributed by atoms with Gasteiger partial charge in [-0.15, -0.1) is 0 Å². The summed E-state index contributed by atoms with van der Waals surface area (Å²) < 4.78 is 11.8. The third-order valence-corrected chi connectivity index (χ3v) is 5.82. The first-order valence-electron chi connectivity index (χ1n) is 10.8. The molecule has 1 amide bonds. The lowest BCUT2D eigenvalue weighted by atomic mass is 10.1. The first-order chi connectivity index (χ1) is 16.0. The van der Waals surface area contributed by atoms with Gasteiger partial charge in [0.05, 0.1) is 12.3 Å². The second-order valence-corrected chi connectivity index (χ2v) is 8.13. The Hall–Kier alpha value is -3.64. The molecule has 1 heterocycles. The topological polar surface area (TPSA) is 42.0 Å². The molecule has 5 nitrogen and oxygen atoms in total. The molecule has 3 aromatic carbocycles. The quantitative estimate of drug-likeness (QED) is 0.342. The standard InChI is InChI=1S/C27H26N2O3S/c1-4-31-25-17-21(14-15-24(25)32-18-20-12-10-19(2)11-13-20)16-23-26(30)29(27(33)28(23)3)22-8-6-5-7-9-22/h5-17H,4,18H2,1-3H3/b23-16-. The maximum absolute atomic E-state index is 13.2. The first-order valence-corrected chi connectivity index (χ1v) is 11.2. The van der Waals surface area contributed by atoms with Gasteiger partial charge in [-0.1, -0.05) is 54.1 Å². The van der Waals surface area contributed by atoms with E-state index in [9.17, 15) is 4.79 Å². The zero-order valence-electron chi connectivity index (χ0n) is 18.9. The molecule has 0 unspecified atom stereocenters. The number of nitrogens with zero attached hydrogens (tertiary/aromatic N) is 2. The SMILES string of the molecule is CCOc1cc(/C=C2/C(=O)N(c3ccccc3)C(=S)N2C)ccc1OCc1ccc(C)cc1. The molecule has 4 rings (SSSR count). The summed E-state index contributed by atoms with van der Waals surface area (Å²) >= 11 is 5.54. The van der Waals surface area contributed by atoms with Crippen LogP contribution in [0.3, 0.4) is 0 Å². The number of carbonyl (C=O) groups is 1. The van der Waals surface area contributed by atoms with Gasteiger partial charge in [-0.25, -0.2) is 0 Å². The molecule has 0 aromatic heterocycles. The van der Waals surface area contributed by atoms with E-state index in [0.29, 0.717) is 35.5 Å². The summed E-state index contributed by atoms with van der Waals surface area (Å²) in [5.41, 5.74) is 4.37. The van der Waals surface area contributed by atoms with Crippen LogP contribution in [0.15, 0.2) is 78.5 Å². The molecule has 0 spiro atoms. The molecular formula is C27H26N2O3S. The van der Waals surface area contributed by atoms with Crippen molar-refractivity contribution in [2.45, 2.75) is 20.5 Å². The lowest BCUT2D eigenvalue weighted by Crippen LogP contribution is -2.30. The summed E-state index contributed by atoms with van der Waals surface area (Å²) in [6.07, 6.45) is 1.82. The molecule has 0 bridgehead atoms. The number of hydrogen-bond donors (Lipinski definition) is 0. The minimum Gasteiger partial charge on any atom is -0.490 e. The van der Waals surface area contributed by atoms with Crippen LogP contribution in [-0.2, 0) is 11.4 Å². The molecule has 168 valence electrons. The Bertz CT molecular complexity index is 1190. The van der Waals surface area contributed by atoms with Gasteiger partial charge in [0.25, 0.3) is 5.91 Å². The largest absolute Gasteiger partial charge is 0.490 e. The smallest absolute Gasteiger partial charge is 0.281 e. The maximum Gasteiger partial charge on any atom is 0.281 e. The number of hydrogen-bond acceptors (Lipinski definition) is 4. The van der Waals surface area contributed by atoms with Crippen molar-refractivity contribution in [2.24, 2.45) is 0 Å². The highest BCUT2D eigenvalue weighted by Gasteiger charge is 2.36. The van der Waals surface area contributed by atoms with Crippen LogP contribution in [0.5, 0.6) is 11.5 Å². The summed E-state index contributed by atoms with van der Waals surface area (Å²) in [5, 5.41) is 0.445. The Labute approximate surface area is 199 Å². The molecule has 0 radical (unpaired) electrons. The summed E-state index contributed by atoms with van der Waals surface area (Å²) in [6.45, 7) is 4.94. The fourth-order valence-electron chi connectivity index (χ4n) is 3.57. The van der Waals surface area contributed by atoms with E-state index in [2.05, 4.69) is 31.2 Å². The molecule has 1 saturated heterocycles. The van der Waals surface area contributed by atoms with Crippen molar-refractivity contribution in [3.63, 3.8) is 0 Å². The van der Waals surface area contributed by atoms with Crippen LogP contribution in [0.2, 0.25) is 0 Å². The van der Waals surface area contributed by atoms with E-state index in [1.807, 2.05) is 61.5 Å². The predicted molar refractivity (Wildman–Crippen MR) is 135 cm³/mol. The lowest BCUT2D eigenvalue weighted by Gasteiger charge is -2.16. The van der Waals surface area contributed by atoms with Crippen molar-refractivity contribution < 1.29 is 14.3 Å². The number of para-hydroxylation sites is 1. The zero-order valence-corrected chi connectivity index (χ0v) is 19.8. The number of ether oxygens (including phenoxy) is 2. The first kappa shape index (κ1) is 22.6. The number of carbonyl (C=O) groups excluding carboxylic acids is 1. The van der Waals surface area contributed by atoms with Crippen molar-refractivity contribution in [3.05, 3.63) is 95.2 Å². The second kappa shape index (κ2) is 9.88. The number of rotatable bonds is 7. The Morgan fingerprint density at radius 3 is 2.36 bits per heavy atom. The fraction of sp³-hybridized carbons (Fsp3) is 0.185. The zero-order chi connectivity index (χ0) is 23.4. The summed E-state index contributed by atoms with van der Waals surface area (Å²) in [5.74, 6) is 1.13. The molecule has 0 N–H and O–H groups in total. The number of thiocarbonyl (C=S) groups is 1. The fourth-order valence-corrected chi connectivity index (χ4v) is 3.85. The monoisotopic (exact) mass is 458 g/mol. The molecule has 1 aliphatic rings. The molecule has 0 atom stereocenters. The molecule has 0 aliphatic carbocycles. The Kier molecular flexibility index (Phi) is 6.75. The van der Waals surface area contributed by atoms with Crippen LogP contribution in [0.4, 0.5) is 5.69 Å². The average molecular weight is 459 g/mol. The number of aryl methyl sites for hydroxylation is 1. The molecule has 0 saturated carbocycles. The third kappa shape index (κ3) is 4.91. The summed E-state index contributed by atoms with van der Waals surface area (Å²) in [6, 6.07) is 23.3. The van der Waals surface area contributed by atoms with Crippen LogP contribution >= 0.6 is 12.2 Å². The minimum atomic E-state index is -0.161. The van der Waals surface area contributed by atoms with E-state index < -0.39 is 0 Å². The highest BCUT2D eigenvalue weighted by Crippen LogP contribution is 2.32. The van der Waals surface area contributed by atoms with Gasteiger partial charge in [0.2, 0.25) is 0 Å². The molecule has 3 aromatic rings. The number of likely N-dealkylation sites (N-methyl/N-ethyl adjacent to an activating group) is 1. The predicted octanol–water partition coefficient (Wildman–Crippen LogP) is 5.58. The molecule has 6 heteroatoms. The van der Waals surface area contributed by atoms with Gasteiger partial charge in [-0.2, -0.15) is 0 Å². The van der Waals surface area contributed by atoms with Crippen molar-refractivity contribution in [2.75, 3.05) is 18.6 Å². The normalized spacial score (nSPS) is 14.8. The van der Waals surface area contributed by atoms with E-state index in [1.54, 1.807) is 16.8 Å². The molecule has 1 fully saturated rings. The van der Waals surface area contributed by atoms with Gasteiger partial charge in [-0.3, -0.25) is 9.69 Å². The van der Waals surface area contributed by atoms with Crippen LogP contribution in [0.25, 0.3) is 6.08 Å². The van der Waals surface area contributed by atoms with E-state index in [0.717, 1.165) is 16.8 Å². The van der Waals surface area contributed by atoms with Crippen LogP contribution in [0.1, 0.15) is 23.6 Å². The van der Waals surface area contributed by atoms with Gasteiger partial charge in [0.1, 0.15) is 12.3 Å². The van der Waals surface area contributed by atoms with Crippen molar-refractivity contribution in [1.29, 1.82) is 0 Å². The van der Waals surface area contributed by atoms with E-state index in [1.165, 1.54) is 5.56 Å². The van der Waals surface area contributed by atoms with Crippen LogP contribution < -0.4 is 14.4 Å². The van der Waals surface area contributed by atoms with E-state index in [4.69, 9.17) is 21.7 Å². The number of benzene rings is 3. The Morgan fingerprint density at radius 1 is 0.939 bits per heavy atom. The average Bonchev–Trinajstić information content (AvgIpc) is 3.03. The summed E-state index contributed by atoms with van der Waals surface area (Å²) in [7, 11) is 1.80.